The molecule has 1 aromatic carbocycles. The predicted octanol–water partition coefficient (Wildman–Crippen LogP) is 4.36. The summed E-state index contributed by atoms with van der Waals surface area (Å²) in [6.45, 7) is 3.94. The molecule has 3 heteroatoms. The molecule has 18 heavy (non-hydrogen) atoms. The number of alkyl halides is 1. The van der Waals surface area contributed by atoms with Crippen LogP contribution in [-0.4, -0.2) is 4.98 Å². The van der Waals surface area contributed by atoms with Crippen LogP contribution in [0.5, 0.6) is 0 Å². The molecule has 0 saturated heterocycles. The molecule has 0 bridgehead atoms. The van der Waals surface area contributed by atoms with Crippen molar-refractivity contribution in [3.8, 4) is 0 Å². The van der Waals surface area contributed by atoms with Gasteiger partial charge in [-0.3, -0.25) is 4.98 Å². The monoisotopic (exact) mass is 263 g/mol. The summed E-state index contributed by atoms with van der Waals surface area (Å²) in [6, 6.07) is 8.62. The second kappa shape index (κ2) is 5.49. The van der Waals surface area contributed by atoms with E-state index in [2.05, 4.69) is 4.98 Å². The molecule has 1 nitrogen and oxygen atoms in total. The van der Waals surface area contributed by atoms with Crippen molar-refractivity contribution >= 4 is 11.6 Å². The van der Waals surface area contributed by atoms with Crippen LogP contribution >= 0.6 is 11.6 Å². The summed E-state index contributed by atoms with van der Waals surface area (Å²) < 4.78 is 13.3. The third-order valence-electron chi connectivity index (χ3n) is 3.07. The zero-order valence-electron chi connectivity index (χ0n) is 10.5. The number of nitrogens with zero attached hydrogens (tertiary/aromatic N) is 1. The van der Waals surface area contributed by atoms with Gasteiger partial charge in [-0.1, -0.05) is 12.1 Å². The highest BCUT2D eigenvalue weighted by Gasteiger charge is 2.14. The Kier molecular flexibility index (Phi) is 3.97. The topological polar surface area (TPSA) is 12.9 Å². The maximum absolute atomic E-state index is 13.3. The van der Waals surface area contributed by atoms with Crippen LogP contribution in [0.2, 0.25) is 0 Å². The summed E-state index contributed by atoms with van der Waals surface area (Å²) >= 11 is 6.38. The molecule has 0 radical (unpaired) electrons. The summed E-state index contributed by atoms with van der Waals surface area (Å²) in [5.41, 5.74) is 3.91. The average molecular weight is 264 g/mol. The molecule has 0 N–H and O–H groups in total. The van der Waals surface area contributed by atoms with E-state index in [1.165, 1.54) is 12.1 Å². The number of aryl methyl sites for hydroxylation is 2. The molecule has 94 valence electrons. The predicted molar refractivity (Wildman–Crippen MR) is 72.4 cm³/mol. The van der Waals surface area contributed by atoms with Crippen LogP contribution in [0.4, 0.5) is 4.39 Å². The highest BCUT2D eigenvalue weighted by atomic mass is 35.5. The molecule has 2 rings (SSSR count). The first kappa shape index (κ1) is 13.0. The Labute approximate surface area is 112 Å². The van der Waals surface area contributed by atoms with Gasteiger partial charge in [0.15, 0.2) is 0 Å². The van der Waals surface area contributed by atoms with E-state index in [0.29, 0.717) is 6.42 Å². The lowest BCUT2D eigenvalue weighted by Gasteiger charge is -2.13. The van der Waals surface area contributed by atoms with Gasteiger partial charge in [-0.2, -0.15) is 0 Å². The summed E-state index contributed by atoms with van der Waals surface area (Å²) in [6.07, 6.45) is 2.36. The lowest BCUT2D eigenvalue weighted by Crippen LogP contribution is -2.02. The van der Waals surface area contributed by atoms with Crippen molar-refractivity contribution in [2.24, 2.45) is 0 Å². The van der Waals surface area contributed by atoms with Crippen molar-refractivity contribution in [1.82, 2.24) is 4.98 Å². The van der Waals surface area contributed by atoms with E-state index in [9.17, 15) is 4.39 Å². The number of hydrogen-bond acceptors (Lipinski definition) is 1. The smallest absolute Gasteiger partial charge is 0.123 e. The summed E-state index contributed by atoms with van der Waals surface area (Å²) in [5.74, 6) is -0.251. The van der Waals surface area contributed by atoms with Crippen molar-refractivity contribution in [2.75, 3.05) is 0 Å². The van der Waals surface area contributed by atoms with Crippen LogP contribution in [0.3, 0.4) is 0 Å². The molecule has 0 aliphatic heterocycles. The second-order valence-corrected chi connectivity index (χ2v) is 4.97. The minimum atomic E-state index is -0.255. The number of pyridine rings is 1. The second-order valence-electron chi connectivity index (χ2n) is 4.44. The normalized spacial score (nSPS) is 12.4. The largest absolute Gasteiger partial charge is 0.261 e. The Balaban J connectivity index is 2.25. The SMILES string of the molecule is Cc1ccc(F)cc1C(Cl)Cc1ncccc1C. The lowest BCUT2D eigenvalue weighted by molar-refractivity contribution is 0.623. The van der Waals surface area contributed by atoms with Gasteiger partial charge in [0, 0.05) is 18.3 Å². The van der Waals surface area contributed by atoms with Crippen LogP contribution in [-0.2, 0) is 6.42 Å². The Morgan fingerprint density at radius 3 is 2.72 bits per heavy atom. The molecular formula is C15H15ClFN. The summed E-state index contributed by atoms with van der Waals surface area (Å²) in [5, 5.41) is -0.255. The van der Waals surface area contributed by atoms with E-state index in [4.69, 9.17) is 11.6 Å². The van der Waals surface area contributed by atoms with E-state index in [1.54, 1.807) is 12.3 Å². The highest BCUT2D eigenvalue weighted by Crippen LogP contribution is 2.28. The van der Waals surface area contributed by atoms with Gasteiger partial charge < -0.3 is 0 Å². The van der Waals surface area contributed by atoms with Gasteiger partial charge >= 0.3 is 0 Å². The average Bonchev–Trinajstić information content (AvgIpc) is 2.35. The summed E-state index contributed by atoms with van der Waals surface area (Å²) in [7, 11) is 0. The van der Waals surface area contributed by atoms with Gasteiger partial charge in [-0.25, -0.2) is 4.39 Å². The third kappa shape index (κ3) is 2.88. The van der Waals surface area contributed by atoms with E-state index < -0.39 is 0 Å². The molecule has 1 heterocycles. The van der Waals surface area contributed by atoms with Crippen molar-refractivity contribution in [1.29, 1.82) is 0 Å². The molecular weight excluding hydrogens is 249 g/mol. The third-order valence-corrected chi connectivity index (χ3v) is 3.46. The number of halogens is 2. The fraction of sp³-hybridized carbons (Fsp3) is 0.267. The van der Waals surface area contributed by atoms with E-state index in [1.807, 2.05) is 26.0 Å². The Morgan fingerprint density at radius 2 is 2.00 bits per heavy atom. The molecule has 1 atom stereocenters. The van der Waals surface area contributed by atoms with Crippen molar-refractivity contribution < 1.29 is 4.39 Å². The van der Waals surface area contributed by atoms with Crippen LogP contribution in [0, 0.1) is 19.7 Å². The molecule has 1 aromatic heterocycles. The van der Waals surface area contributed by atoms with Crippen LogP contribution < -0.4 is 0 Å². The van der Waals surface area contributed by atoms with E-state index in [0.717, 1.165) is 22.4 Å². The van der Waals surface area contributed by atoms with Crippen molar-refractivity contribution in [3.05, 3.63) is 64.7 Å². The molecule has 0 aliphatic carbocycles. The van der Waals surface area contributed by atoms with E-state index >= 15 is 0 Å². The first-order valence-corrected chi connectivity index (χ1v) is 6.32. The molecule has 1 unspecified atom stereocenters. The highest BCUT2D eigenvalue weighted by molar-refractivity contribution is 6.21. The van der Waals surface area contributed by atoms with Crippen LogP contribution in [0.1, 0.15) is 27.8 Å². The van der Waals surface area contributed by atoms with Gasteiger partial charge in [0.1, 0.15) is 5.82 Å². The molecule has 0 saturated carbocycles. The van der Waals surface area contributed by atoms with E-state index in [-0.39, 0.29) is 11.2 Å². The molecule has 0 spiro atoms. The maximum atomic E-state index is 13.3. The van der Waals surface area contributed by atoms with Gasteiger partial charge in [0.2, 0.25) is 0 Å². The van der Waals surface area contributed by atoms with Crippen molar-refractivity contribution in [2.45, 2.75) is 25.6 Å². The van der Waals surface area contributed by atoms with Gasteiger partial charge in [0.05, 0.1) is 5.38 Å². The molecule has 0 fully saturated rings. The standard InChI is InChI=1S/C15H15ClFN/c1-10-5-6-12(17)8-13(10)14(16)9-15-11(2)4-3-7-18-15/h3-8,14H,9H2,1-2H3. The van der Waals surface area contributed by atoms with Crippen molar-refractivity contribution in [3.63, 3.8) is 0 Å². The maximum Gasteiger partial charge on any atom is 0.123 e. The Bertz CT molecular complexity index is 554. The fourth-order valence-electron chi connectivity index (χ4n) is 1.96. The minimum absolute atomic E-state index is 0.251. The number of rotatable bonds is 3. The Morgan fingerprint density at radius 1 is 1.22 bits per heavy atom. The number of aromatic nitrogens is 1. The molecule has 0 amide bonds. The lowest BCUT2D eigenvalue weighted by atomic mass is 10.0. The zero-order valence-corrected chi connectivity index (χ0v) is 11.2. The fourth-order valence-corrected chi connectivity index (χ4v) is 2.34. The first-order valence-electron chi connectivity index (χ1n) is 5.88. The Hall–Kier alpha value is -1.41. The number of hydrogen-bond donors (Lipinski definition) is 0. The quantitative estimate of drug-likeness (QED) is 0.750. The van der Waals surface area contributed by atoms with Gasteiger partial charge in [-0.05, 0) is 48.7 Å². The molecule has 2 aromatic rings. The van der Waals surface area contributed by atoms with Crippen LogP contribution in [0.25, 0.3) is 0 Å². The first-order chi connectivity index (χ1) is 8.58. The number of benzene rings is 1. The van der Waals surface area contributed by atoms with Gasteiger partial charge in [0.25, 0.3) is 0 Å². The minimum Gasteiger partial charge on any atom is -0.261 e. The summed E-state index contributed by atoms with van der Waals surface area (Å²) in [4.78, 5) is 4.32. The zero-order chi connectivity index (χ0) is 13.1. The van der Waals surface area contributed by atoms with Gasteiger partial charge in [-0.15, -0.1) is 11.6 Å². The molecule has 0 aliphatic rings. The van der Waals surface area contributed by atoms with Crippen LogP contribution in [0.15, 0.2) is 36.5 Å².